The molecule has 0 bridgehead atoms. The van der Waals surface area contributed by atoms with Gasteiger partial charge in [-0.3, -0.25) is 9.10 Å². The molecule has 0 radical (unpaired) electrons. The second-order valence-corrected chi connectivity index (χ2v) is 8.68. The molecule has 0 atom stereocenters. The molecule has 0 aliphatic carbocycles. The molecule has 1 N–H and O–H groups in total. The van der Waals surface area contributed by atoms with Crippen molar-refractivity contribution >= 4 is 21.6 Å². The molecule has 6 nitrogen and oxygen atoms in total. The molecular weight excluding hydrogens is 376 g/mol. The Morgan fingerprint density at radius 2 is 1.82 bits per heavy atom. The Hall–Kier alpha value is -2.54. The van der Waals surface area contributed by atoms with E-state index in [1.807, 2.05) is 31.2 Å². The maximum Gasteiger partial charge on any atom is 0.251 e. The van der Waals surface area contributed by atoms with Gasteiger partial charge in [-0.1, -0.05) is 12.1 Å². The summed E-state index contributed by atoms with van der Waals surface area (Å²) in [7, 11) is -1.84. The lowest BCUT2D eigenvalue weighted by Crippen LogP contribution is -2.27. The Balaban J connectivity index is 1.87. The summed E-state index contributed by atoms with van der Waals surface area (Å²) in [5.41, 5.74) is 3.01. The van der Waals surface area contributed by atoms with Crippen LogP contribution in [0.15, 0.2) is 42.5 Å². The summed E-state index contributed by atoms with van der Waals surface area (Å²) in [6, 6.07) is 13.0. The van der Waals surface area contributed by atoms with Crippen molar-refractivity contribution in [3.8, 4) is 5.75 Å². The van der Waals surface area contributed by atoms with Crippen LogP contribution in [0.4, 0.5) is 5.69 Å². The van der Waals surface area contributed by atoms with Crippen LogP contribution < -0.4 is 14.4 Å². The normalized spacial score (nSPS) is 11.1. The average Bonchev–Trinajstić information content (AvgIpc) is 2.65. The highest BCUT2D eigenvalue weighted by Gasteiger charge is 2.15. The van der Waals surface area contributed by atoms with E-state index < -0.39 is 10.0 Å². The van der Waals surface area contributed by atoms with Crippen LogP contribution in [0.25, 0.3) is 0 Å². The fraction of sp³-hybridized carbons (Fsp3) is 0.381. The van der Waals surface area contributed by atoms with Gasteiger partial charge in [-0.15, -0.1) is 0 Å². The van der Waals surface area contributed by atoms with Gasteiger partial charge in [0, 0.05) is 19.2 Å². The number of carbonyl (C=O) groups is 1. The van der Waals surface area contributed by atoms with E-state index in [4.69, 9.17) is 4.74 Å². The second kappa shape index (κ2) is 9.59. The van der Waals surface area contributed by atoms with Crippen molar-refractivity contribution in [3.05, 3.63) is 59.2 Å². The number of benzene rings is 2. The van der Waals surface area contributed by atoms with Crippen molar-refractivity contribution in [2.45, 2.75) is 26.7 Å². The highest BCUT2D eigenvalue weighted by atomic mass is 32.2. The van der Waals surface area contributed by atoms with Crippen molar-refractivity contribution in [2.24, 2.45) is 0 Å². The number of nitrogens with one attached hydrogen (secondary N) is 1. The third-order valence-corrected chi connectivity index (χ3v) is 5.65. The lowest BCUT2D eigenvalue weighted by molar-refractivity contribution is 0.0953. The molecule has 0 fully saturated rings. The van der Waals surface area contributed by atoms with Crippen molar-refractivity contribution in [1.29, 1.82) is 0 Å². The number of hydrogen-bond acceptors (Lipinski definition) is 4. The average molecular weight is 405 g/mol. The zero-order valence-electron chi connectivity index (χ0n) is 16.9. The summed E-state index contributed by atoms with van der Waals surface area (Å²) in [6.07, 6.45) is 2.84. The van der Waals surface area contributed by atoms with E-state index in [-0.39, 0.29) is 5.91 Å². The highest BCUT2D eigenvalue weighted by molar-refractivity contribution is 7.92. The van der Waals surface area contributed by atoms with E-state index >= 15 is 0 Å². The van der Waals surface area contributed by atoms with Gasteiger partial charge in [0.15, 0.2) is 0 Å². The minimum Gasteiger partial charge on any atom is -0.494 e. The molecule has 0 spiro atoms. The first kappa shape index (κ1) is 21.8. The van der Waals surface area contributed by atoms with E-state index in [9.17, 15) is 13.2 Å². The summed E-state index contributed by atoms with van der Waals surface area (Å²) in [6.45, 7) is 4.96. The first-order chi connectivity index (χ1) is 13.2. The summed E-state index contributed by atoms with van der Waals surface area (Å²) < 4.78 is 30.0. The predicted molar refractivity (Wildman–Crippen MR) is 113 cm³/mol. The molecular formula is C21H28N2O4S. The maximum atomic E-state index is 12.3. The zero-order valence-corrected chi connectivity index (χ0v) is 17.7. The summed E-state index contributed by atoms with van der Waals surface area (Å²) in [5.74, 6) is 0.697. The Bertz CT molecular complexity index is 909. The van der Waals surface area contributed by atoms with E-state index in [0.717, 1.165) is 30.4 Å². The van der Waals surface area contributed by atoms with Crippen LogP contribution in [0.2, 0.25) is 0 Å². The summed E-state index contributed by atoms with van der Waals surface area (Å²) in [5, 5.41) is 2.91. The van der Waals surface area contributed by atoms with Gasteiger partial charge in [0.2, 0.25) is 10.0 Å². The van der Waals surface area contributed by atoms with Crippen LogP contribution in [0.5, 0.6) is 5.75 Å². The molecule has 28 heavy (non-hydrogen) atoms. The van der Waals surface area contributed by atoms with Gasteiger partial charge in [0.25, 0.3) is 5.91 Å². The zero-order chi connectivity index (χ0) is 20.7. The number of sulfonamides is 1. The molecule has 0 heterocycles. The van der Waals surface area contributed by atoms with Crippen molar-refractivity contribution in [1.82, 2.24) is 5.32 Å². The molecule has 2 aromatic carbocycles. The molecule has 0 saturated heterocycles. The third-order valence-electron chi connectivity index (χ3n) is 4.46. The van der Waals surface area contributed by atoms with E-state index in [0.29, 0.717) is 24.4 Å². The smallest absolute Gasteiger partial charge is 0.251 e. The number of anilines is 1. The van der Waals surface area contributed by atoms with Gasteiger partial charge in [-0.25, -0.2) is 8.42 Å². The van der Waals surface area contributed by atoms with Crippen LogP contribution in [-0.4, -0.2) is 40.8 Å². The molecule has 0 aliphatic heterocycles. The monoisotopic (exact) mass is 404 g/mol. The number of aryl methyl sites for hydroxylation is 2. The Kier molecular flexibility index (Phi) is 7.45. The molecule has 7 heteroatoms. The minimum absolute atomic E-state index is 0.164. The largest absolute Gasteiger partial charge is 0.494 e. The molecule has 1 amide bonds. The first-order valence-electron chi connectivity index (χ1n) is 9.27. The van der Waals surface area contributed by atoms with Crippen molar-refractivity contribution in [2.75, 3.05) is 30.8 Å². The number of amides is 1. The highest BCUT2D eigenvalue weighted by Crippen LogP contribution is 2.22. The van der Waals surface area contributed by atoms with Gasteiger partial charge in [0.05, 0.1) is 18.6 Å². The van der Waals surface area contributed by atoms with Crippen LogP contribution in [0.1, 0.15) is 34.8 Å². The predicted octanol–water partition coefficient (Wildman–Crippen LogP) is 3.15. The van der Waals surface area contributed by atoms with E-state index in [2.05, 4.69) is 5.32 Å². The Morgan fingerprint density at radius 1 is 1.14 bits per heavy atom. The van der Waals surface area contributed by atoms with Crippen LogP contribution >= 0.6 is 0 Å². The van der Waals surface area contributed by atoms with Gasteiger partial charge >= 0.3 is 0 Å². The fourth-order valence-corrected chi connectivity index (χ4v) is 3.41. The lowest BCUT2D eigenvalue weighted by atomic mass is 10.1. The third kappa shape index (κ3) is 5.99. The molecule has 152 valence electrons. The van der Waals surface area contributed by atoms with Crippen LogP contribution in [0.3, 0.4) is 0 Å². The number of hydrogen-bond donors (Lipinski definition) is 1. The fourth-order valence-electron chi connectivity index (χ4n) is 2.84. The minimum atomic E-state index is -3.34. The molecule has 2 rings (SSSR count). The SMILES string of the molecule is CCOc1ccc(CCCNC(=O)c2ccc(N(C)S(C)(=O)=O)c(C)c2)cc1. The number of ether oxygens (including phenoxy) is 1. The van der Waals surface area contributed by atoms with Gasteiger partial charge in [-0.05, 0) is 68.1 Å². The van der Waals surface area contributed by atoms with Gasteiger partial charge in [0.1, 0.15) is 5.75 Å². The second-order valence-electron chi connectivity index (χ2n) is 6.67. The van der Waals surface area contributed by atoms with Gasteiger partial charge < -0.3 is 10.1 Å². The molecule has 0 unspecified atom stereocenters. The number of carbonyl (C=O) groups excluding carboxylic acids is 1. The standard InChI is InChI=1S/C21H28N2O4S/c1-5-27-19-11-8-17(9-12-19)7-6-14-22-21(24)18-10-13-20(16(2)15-18)23(3)28(4,25)26/h8-13,15H,5-7,14H2,1-4H3,(H,22,24). The van der Waals surface area contributed by atoms with Gasteiger partial charge in [-0.2, -0.15) is 0 Å². The van der Waals surface area contributed by atoms with E-state index in [1.54, 1.807) is 25.1 Å². The number of rotatable bonds is 9. The Labute approximate surface area is 167 Å². The van der Waals surface area contributed by atoms with Crippen LogP contribution in [0, 0.1) is 6.92 Å². The van der Waals surface area contributed by atoms with Crippen molar-refractivity contribution < 1.29 is 17.9 Å². The van der Waals surface area contributed by atoms with E-state index in [1.165, 1.54) is 16.9 Å². The number of nitrogens with zero attached hydrogens (tertiary/aromatic N) is 1. The molecule has 0 aliphatic rings. The summed E-state index contributed by atoms with van der Waals surface area (Å²) in [4.78, 5) is 12.3. The topological polar surface area (TPSA) is 75.7 Å². The van der Waals surface area contributed by atoms with Crippen molar-refractivity contribution in [3.63, 3.8) is 0 Å². The molecule has 0 aromatic heterocycles. The maximum absolute atomic E-state index is 12.3. The lowest BCUT2D eigenvalue weighted by Gasteiger charge is -2.19. The first-order valence-corrected chi connectivity index (χ1v) is 11.1. The molecule has 0 saturated carbocycles. The Morgan fingerprint density at radius 3 is 2.39 bits per heavy atom. The summed E-state index contributed by atoms with van der Waals surface area (Å²) >= 11 is 0. The quantitative estimate of drug-likeness (QED) is 0.652. The van der Waals surface area contributed by atoms with Crippen LogP contribution in [-0.2, 0) is 16.4 Å². The molecule has 2 aromatic rings.